The molecular weight excluding hydrogens is 554 g/mol. The number of halogens is 2. The van der Waals surface area contributed by atoms with Crippen molar-refractivity contribution in [3.63, 3.8) is 0 Å². The van der Waals surface area contributed by atoms with E-state index in [1.165, 1.54) is 32.9 Å². The third-order valence-electron chi connectivity index (χ3n) is 5.16. The fraction of sp³-hybridized carbons (Fsp3) is 0.0833. The minimum absolute atomic E-state index is 0.188. The number of hydrogen-bond acceptors (Lipinski definition) is 7. The highest BCUT2D eigenvalue weighted by Gasteiger charge is 2.20. The third-order valence-corrected chi connectivity index (χ3v) is 6.85. The van der Waals surface area contributed by atoms with Gasteiger partial charge in [-0.3, -0.25) is 9.59 Å². The first kappa shape index (κ1) is 23.3. The molecular formula is C24H17BrClN5O3S. The molecule has 0 spiro atoms. The van der Waals surface area contributed by atoms with Gasteiger partial charge in [-0.15, -0.1) is 11.3 Å². The lowest BCUT2D eigenvalue weighted by molar-refractivity contribution is 0.0948. The Bertz CT molecular complexity index is 1540. The van der Waals surface area contributed by atoms with E-state index in [9.17, 15) is 9.59 Å². The Hall–Kier alpha value is -3.47. The molecule has 176 valence electrons. The maximum Gasteiger partial charge on any atom is 0.280 e. The van der Waals surface area contributed by atoms with Gasteiger partial charge in [0.1, 0.15) is 23.5 Å². The van der Waals surface area contributed by atoms with E-state index in [0.717, 1.165) is 4.88 Å². The predicted molar refractivity (Wildman–Crippen MR) is 138 cm³/mol. The molecule has 0 fully saturated rings. The second-order valence-corrected chi connectivity index (χ2v) is 10.2. The molecule has 0 amide bonds. The van der Waals surface area contributed by atoms with Crippen molar-refractivity contribution in [2.45, 2.75) is 13.1 Å². The van der Waals surface area contributed by atoms with E-state index >= 15 is 0 Å². The van der Waals surface area contributed by atoms with E-state index in [0.29, 0.717) is 43.8 Å². The van der Waals surface area contributed by atoms with Crippen LogP contribution in [-0.2, 0) is 13.1 Å². The van der Waals surface area contributed by atoms with Crippen LogP contribution in [0, 0.1) is 0 Å². The molecule has 4 aromatic heterocycles. The van der Waals surface area contributed by atoms with E-state index in [1.807, 2.05) is 18.2 Å². The molecule has 1 aromatic carbocycles. The molecule has 35 heavy (non-hydrogen) atoms. The van der Waals surface area contributed by atoms with Crippen molar-refractivity contribution in [2.75, 3.05) is 5.32 Å². The second-order valence-electron chi connectivity index (χ2n) is 7.53. The van der Waals surface area contributed by atoms with Gasteiger partial charge >= 0.3 is 0 Å². The summed E-state index contributed by atoms with van der Waals surface area (Å²) in [5, 5.41) is 11.8. The van der Waals surface area contributed by atoms with Crippen LogP contribution in [0.3, 0.4) is 0 Å². The number of anilines is 1. The van der Waals surface area contributed by atoms with Crippen LogP contribution >= 0.6 is 38.9 Å². The summed E-state index contributed by atoms with van der Waals surface area (Å²) in [5.41, 5.74) is 1.79. The van der Waals surface area contributed by atoms with Crippen molar-refractivity contribution in [3.05, 3.63) is 108 Å². The van der Waals surface area contributed by atoms with Gasteiger partial charge in [0.2, 0.25) is 0 Å². The number of nitrogens with one attached hydrogen (secondary N) is 1. The van der Waals surface area contributed by atoms with Crippen molar-refractivity contribution in [2.24, 2.45) is 0 Å². The van der Waals surface area contributed by atoms with Crippen molar-refractivity contribution in [1.82, 2.24) is 19.5 Å². The molecule has 0 aliphatic carbocycles. The van der Waals surface area contributed by atoms with Gasteiger partial charge < -0.3 is 14.4 Å². The van der Waals surface area contributed by atoms with Crippen molar-refractivity contribution in [1.29, 1.82) is 0 Å². The third kappa shape index (κ3) is 5.14. The number of rotatable bonds is 7. The largest absolute Gasteiger partial charge is 0.365 e. The summed E-state index contributed by atoms with van der Waals surface area (Å²) in [6.45, 7) is 0.642. The number of aromatic nitrogens is 4. The van der Waals surface area contributed by atoms with Crippen molar-refractivity contribution < 1.29 is 9.32 Å². The Kier molecular flexibility index (Phi) is 6.67. The molecule has 8 nitrogen and oxygen atoms in total. The van der Waals surface area contributed by atoms with Crippen molar-refractivity contribution in [3.8, 4) is 11.4 Å². The topological polar surface area (TPSA) is 95.0 Å². The second kappa shape index (κ2) is 10.0. The van der Waals surface area contributed by atoms with E-state index < -0.39 is 0 Å². The minimum atomic E-state index is -0.302. The van der Waals surface area contributed by atoms with Crippen LogP contribution < -0.4 is 10.9 Å². The van der Waals surface area contributed by atoms with Gasteiger partial charge in [-0.05, 0) is 30.3 Å². The SMILES string of the molecule is O=C(c1ccccc1)n1nc(-c2cc(Br)cc(=O)n2Cc2ccon2)cc1NCc1ccc(Cl)s1. The molecule has 0 aliphatic heterocycles. The Morgan fingerprint density at radius 1 is 1.11 bits per heavy atom. The summed E-state index contributed by atoms with van der Waals surface area (Å²) in [6, 6.07) is 19.3. The summed E-state index contributed by atoms with van der Waals surface area (Å²) in [6.07, 6.45) is 1.45. The van der Waals surface area contributed by atoms with Crippen molar-refractivity contribution >= 4 is 50.6 Å². The molecule has 0 atom stereocenters. The molecule has 5 aromatic rings. The zero-order valence-electron chi connectivity index (χ0n) is 18.0. The highest BCUT2D eigenvalue weighted by atomic mass is 79.9. The highest BCUT2D eigenvalue weighted by Crippen LogP contribution is 2.27. The van der Waals surface area contributed by atoms with Gasteiger partial charge in [0, 0.05) is 33.1 Å². The van der Waals surface area contributed by atoms with Gasteiger partial charge in [0.15, 0.2) is 0 Å². The maximum atomic E-state index is 13.3. The van der Waals surface area contributed by atoms with E-state index in [2.05, 4.69) is 31.5 Å². The maximum absolute atomic E-state index is 13.3. The molecule has 4 heterocycles. The Labute approximate surface area is 216 Å². The average molecular weight is 571 g/mol. The van der Waals surface area contributed by atoms with Gasteiger partial charge in [0.25, 0.3) is 11.5 Å². The predicted octanol–water partition coefficient (Wildman–Crippen LogP) is 5.53. The molecule has 11 heteroatoms. The van der Waals surface area contributed by atoms with Gasteiger partial charge in [-0.25, -0.2) is 0 Å². The lowest BCUT2D eigenvalue weighted by Gasteiger charge is -2.10. The number of nitrogens with zero attached hydrogens (tertiary/aromatic N) is 4. The van der Waals surface area contributed by atoms with E-state index in [4.69, 9.17) is 16.1 Å². The first-order valence-corrected chi connectivity index (χ1v) is 12.4. The zero-order chi connectivity index (χ0) is 24.4. The highest BCUT2D eigenvalue weighted by molar-refractivity contribution is 9.10. The number of benzene rings is 1. The number of carbonyl (C=O) groups excluding carboxylic acids is 1. The Morgan fingerprint density at radius 2 is 1.94 bits per heavy atom. The molecule has 0 unspecified atom stereocenters. The Morgan fingerprint density at radius 3 is 2.66 bits per heavy atom. The summed E-state index contributed by atoms with van der Waals surface area (Å²) in [5.74, 6) is 0.183. The van der Waals surface area contributed by atoms with Crippen LogP contribution in [0.15, 0.2) is 86.8 Å². The monoisotopic (exact) mass is 569 g/mol. The van der Waals surface area contributed by atoms with E-state index in [-0.39, 0.29) is 18.0 Å². The number of hydrogen-bond donors (Lipinski definition) is 1. The van der Waals surface area contributed by atoms with Crippen LogP contribution in [0.25, 0.3) is 11.4 Å². The molecule has 0 radical (unpaired) electrons. The normalized spacial score (nSPS) is 11.0. The molecule has 0 saturated heterocycles. The Balaban J connectivity index is 1.58. The van der Waals surface area contributed by atoms with Crippen LogP contribution in [0.1, 0.15) is 20.9 Å². The summed E-state index contributed by atoms with van der Waals surface area (Å²) < 4.78 is 9.04. The van der Waals surface area contributed by atoms with Crippen LogP contribution in [-0.4, -0.2) is 25.4 Å². The number of carbonyl (C=O) groups is 1. The smallest absolute Gasteiger partial charge is 0.280 e. The lowest BCUT2D eigenvalue weighted by atomic mass is 10.2. The first-order valence-electron chi connectivity index (χ1n) is 10.5. The summed E-state index contributed by atoms with van der Waals surface area (Å²) in [4.78, 5) is 27.2. The molecule has 1 N–H and O–H groups in total. The molecule has 0 saturated carbocycles. The van der Waals surface area contributed by atoms with Gasteiger partial charge in [0.05, 0.1) is 23.1 Å². The number of pyridine rings is 1. The standard InChI is InChI=1S/C24H17BrClN5O3S/c25-16-10-20(30(23(32)11-16)14-17-8-9-34-29-17)19-12-22(27-13-18-6-7-21(26)35-18)31(28-19)24(33)15-4-2-1-3-5-15/h1-12,27H,13-14H2. The van der Waals surface area contributed by atoms with Gasteiger partial charge in [-0.2, -0.15) is 9.78 Å². The first-order chi connectivity index (χ1) is 17.0. The zero-order valence-corrected chi connectivity index (χ0v) is 21.2. The van der Waals surface area contributed by atoms with Crippen LogP contribution in [0.2, 0.25) is 4.34 Å². The lowest BCUT2D eigenvalue weighted by Crippen LogP contribution is -2.22. The molecule has 5 rings (SSSR count). The fourth-order valence-corrected chi connectivity index (χ4v) is 4.98. The average Bonchev–Trinajstić information content (AvgIpc) is 3.61. The molecule has 0 aliphatic rings. The molecule has 0 bridgehead atoms. The minimum Gasteiger partial charge on any atom is -0.365 e. The van der Waals surface area contributed by atoms with Crippen LogP contribution in [0.4, 0.5) is 5.82 Å². The van der Waals surface area contributed by atoms with Crippen LogP contribution in [0.5, 0.6) is 0 Å². The quantitative estimate of drug-likeness (QED) is 0.277. The fourth-order valence-electron chi connectivity index (χ4n) is 3.54. The number of thiophene rings is 1. The summed E-state index contributed by atoms with van der Waals surface area (Å²) >= 11 is 10.9. The van der Waals surface area contributed by atoms with E-state index in [1.54, 1.807) is 42.5 Å². The van der Waals surface area contributed by atoms with Gasteiger partial charge in [-0.1, -0.05) is 50.9 Å². The summed E-state index contributed by atoms with van der Waals surface area (Å²) in [7, 11) is 0.